The molecule has 2 aliphatic rings. The van der Waals surface area contributed by atoms with Gasteiger partial charge in [0.15, 0.2) is 0 Å². The Labute approximate surface area is 146 Å². The van der Waals surface area contributed by atoms with E-state index in [0.29, 0.717) is 17.4 Å². The van der Waals surface area contributed by atoms with Crippen molar-refractivity contribution in [3.8, 4) is 0 Å². The number of fused-ring (bicyclic) bond motifs is 3. The monoisotopic (exact) mass is 339 g/mol. The molecule has 24 heavy (non-hydrogen) atoms. The van der Waals surface area contributed by atoms with Crippen molar-refractivity contribution in [3.05, 3.63) is 76.3 Å². The quantitative estimate of drug-likeness (QED) is 0.621. The second kappa shape index (κ2) is 5.99. The molecule has 122 valence electrons. The number of anilines is 1. The van der Waals surface area contributed by atoms with Crippen LogP contribution in [-0.2, 0) is 4.74 Å². The lowest BCUT2D eigenvalue weighted by molar-refractivity contribution is 0.0600. The number of halogens is 1. The molecule has 0 saturated heterocycles. The Balaban J connectivity index is 1.69. The molecule has 4 rings (SSSR count). The number of carbonyl (C=O) groups excluding carboxylic acids is 1. The third-order valence-electron chi connectivity index (χ3n) is 5.02. The van der Waals surface area contributed by atoms with Crippen LogP contribution in [0.2, 0.25) is 5.02 Å². The number of benzene rings is 2. The summed E-state index contributed by atoms with van der Waals surface area (Å²) in [6, 6.07) is 13.9. The summed E-state index contributed by atoms with van der Waals surface area (Å²) in [6.07, 6.45) is 5.58. The lowest BCUT2D eigenvalue weighted by Gasteiger charge is -2.37. The van der Waals surface area contributed by atoms with Gasteiger partial charge in [-0.2, -0.15) is 0 Å². The first-order chi connectivity index (χ1) is 11.7. The summed E-state index contributed by atoms with van der Waals surface area (Å²) in [5.41, 5.74) is 4.16. The van der Waals surface area contributed by atoms with Gasteiger partial charge in [-0.15, -0.1) is 0 Å². The van der Waals surface area contributed by atoms with Crippen LogP contribution >= 0.6 is 11.6 Å². The fourth-order valence-corrected chi connectivity index (χ4v) is 4.02. The number of rotatable bonds is 2. The van der Waals surface area contributed by atoms with Crippen molar-refractivity contribution < 1.29 is 9.53 Å². The Bertz CT molecular complexity index is 813. The Kier molecular flexibility index (Phi) is 3.81. The predicted molar refractivity (Wildman–Crippen MR) is 95.6 cm³/mol. The molecule has 0 fully saturated rings. The molecule has 3 nitrogen and oxygen atoms in total. The van der Waals surface area contributed by atoms with Gasteiger partial charge < -0.3 is 10.1 Å². The molecule has 0 unspecified atom stereocenters. The maximum absolute atomic E-state index is 11.6. The van der Waals surface area contributed by atoms with E-state index < -0.39 is 0 Å². The second-order valence-corrected chi connectivity index (χ2v) is 6.76. The average molecular weight is 340 g/mol. The topological polar surface area (TPSA) is 38.3 Å². The van der Waals surface area contributed by atoms with Crippen LogP contribution in [0.1, 0.15) is 39.9 Å². The number of allylic oxidation sites excluding steroid dienone is 2. The third kappa shape index (κ3) is 2.49. The van der Waals surface area contributed by atoms with E-state index in [0.717, 1.165) is 17.1 Å². The van der Waals surface area contributed by atoms with E-state index in [2.05, 4.69) is 29.6 Å². The summed E-state index contributed by atoms with van der Waals surface area (Å²) >= 11 is 6.19. The molecule has 3 atom stereocenters. The lowest BCUT2D eigenvalue weighted by atomic mass is 9.77. The normalized spacial score (nSPS) is 24.0. The molecule has 0 saturated carbocycles. The predicted octanol–water partition coefficient (Wildman–Crippen LogP) is 4.95. The van der Waals surface area contributed by atoms with E-state index in [9.17, 15) is 4.79 Å². The molecule has 1 heterocycles. The van der Waals surface area contributed by atoms with Gasteiger partial charge in [-0.3, -0.25) is 0 Å². The summed E-state index contributed by atoms with van der Waals surface area (Å²) in [5, 5.41) is 4.43. The highest BCUT2D eigenvalue weighted by molar-refractivity contribution is 6.30. The van der Waals surface area contributed by atoms with Gasteiger partial charge in [0, 0.05) is 16.6 Å². The standard InChI is InChI=1S/C20H18ClNO2/c1-24-20(23)13-7-5-12(6-8-13)19-16-4-2-3-15(16)17-11-14(21)9-10-18(17)22-19/h2-3,5-11,15-16,19,22H,4H2,1H3/t15-,16+,19-/m1/s1. The zero-order valence-corrected chi connectivity index (χ0v) is 14.1. The maximum atomic E-state index is 11.6. The van der Waals surface area contributed by atoms with E-state index >= 15 is 0 Å². The molecular weight excluding hydrogens is 322 g/mol. The molecule has 2 aromatic rings. The molecule has 1 aliphatic carbocycles. The summed E-state index contributed by atoms with van der Waals surface area (Å²) in [7, 11) is 1.40. The van der Waals surface area contributed by atoms with Gasteiger partial charge in [0.05, 0.1) is 18.7 Å². The summed E-state index contributed by atoms with van der Waals surface area (Å²) in [6.45, 7) is 0. The first-order valence-corrected chi connectivity index (χ1v) is 8.46. The van der Waals surface area contributed by atoms with Crippen LogP contribution in [-0.4, -0.2) is 13.1 Å². The molecule has 0 spiro atoms. The van der Waals surface area contributed by atoms with Gasteiger partial charge in [0.2, 0.25) is 0 Å². The fraction of sp³-hybridized carbons (Fsp3) is 0.250. The van der Waals surface area contributed by atoms with Gasteiger partial charge in [0.1, 0.15) is 0 Å². The minimum absolute atomic E-state index is 0.213. The van der Waals surface area contributed by atoms with Crippen molar-refractivity contribution in [1.29, 1.82) is 0 Å². The molecule has 0 bridgehead atoms. The molecule has 2 aromatic carbocycles. The van der Waals surface area contributed by atoms with Crippen LogP contribution in [0, 0.1) is 5.92 Å². The van der Waals surface area contributed by atoms with Crippen molar-refractivity contribution in [2.75, 3.05) is 12.4 Å². The first kappa shape index (κ1) is 15.3. The van der Waals surface area contributed by atoms with Crippen LogP contribution in [0.15, 0.2) is 54.6 Å². The maximum Gasteiger partial charge on any atom is 0.337 e. The molecule has 4 heteroatoms. The van der Waals surface area contributed by atoms with Gasteiger partial charge in [0.25, 0.3) is 0 Å². The Hall–Kier alpha value is -2.26. The SMILES string of the molecule is COC(=O)c1ccc([C@H]2Nc3ccc(Cl)cc3[C@@H]3C=CC[C@H]23)cc1. The number of ether oxygens (including phenoxy) is 1. The fourth-order valence-electron chi connectivity index (χ4n) is 3.84. The second-order valence-electron chi connectivity index (χ2n) is 6.32. The highest BCUT2D eigenvalue weighted by atomic mass is 35.5. The molecule has 0 radical (unpaired) electrons. The number of hydrogen-bond donors (Lipinski definition) is 1. The van der Waals surface area contributed by atoms with Crippen LogP contribution in [0.3, 0.4) is 0 Å². The zero-order chi connectivity index (χ0) is 16.7. The molecule has 0 amide bonds. The van der Waals surface area contributed by atoms with E-state index in [1.54, 1.807) is 0 Å². The van der Waals surface area contributed by atoms with Crippen molar-refractivity contribution in [2.45, 2.75) is 18.4 Å². The number of hydrogen-bond acceptors (Lipinski definition) is 3. The van der Waals surface area contributed by atoms with Crippen LogP contribution in [0.4, 0.5) is 5.69 Å². The van der Waals surface area contributed by atoms with Crippen LogP contribution < -0.4 is 5.32 Å². The highest BCUT2D eigenvalue weighted by Crippen LogP contribution is 2.50. The highest BCUT2D eigenvalue weighted by Gasteiger charge is 2.37. The van der Waals surface area contributed by atoms with Gasteiger partial charge in [-0.25, -0.2) is 4.79 Å². The third-order valence-corrected chi connectivity index (χ3v) is 5.25. The molecule has 1 aliphatic heterocycles. The van der Waals surface area contributed by atoms with E-state index in [1.807, 2.05) is 30.3 Å². The van der Waals surface area contributed by atoms with E-state index in [1.165, 1.54) is 18.2 Å². The van der Waals surface area contributed by atoms with Gasteiger partial charge >= 0.3 is 5.97 Å². The smallest absolute Gasteiger partial charge is 0.337 e. The van der Waals surface area contributed by atoms with E-state index in [-0.39, 0.29) is 12.0 Å². The van der Waals surface area contributed by atoms with Gasteiger partial charge in [-0.1, -0.05) is 35.9 Å². The Morgan fingerprint density at radius 3 is 2.75 bits per heavy atom. The van der Waals surface area contributed by atoms with Crippen molar-refractivity contribution in [1.82, 2.24) is 0 Å². The van der Waals surface area contributed by atoms with Crippen LogP contribution in [0.5, 0.6) is 0 Å². The minimum Gasteiger partial charge on any atom is -0.465 e. The van der Waals surface area contributed by atoms with Crippen molar-refractivity contribution >= 4 is 23.3 Å². The average Bonchev–Trinajstić information content (AvgIpc) is 3.11. The molecule has 0 aromatic heterocycles. The molecular formula is C20H18ClNO2. The summed E-state index contributed by atoms with van der Waals surface area (Å²) in [5.74, 6) is 0.531. The Morgan fingerprint density at radius 2 is 2.00 bits per heavy atom. The number of carbonyl (C=O) groups is 1. The largest absolute Gasteiger partial charge is 0.465 e. The summed E-state index contributed by atoms with van der Waals surface area (Å²) in [4.78, 5) is 11.6. The first-order valence-electron chi connectivity index (χ1n) is 8.08. The number of esters is 1. The number of methoxy groups -OCH3 is 1. The van der Waals surface area contributed by atoms with Gasteiger partial charge in [-0.05, 0) is 53.8 Å². The van der Waals surface area contributed by atoms with Crippen molar-refractivity contribution in [2.24, 2.45) is 5.92 Å². The lowest BCUT2D eigenvalue weighted by Crippen LogP contribution is -2.29. The van der Waals surface area contributed by atoms with Crippen molar-refractivity contribution in [3.63, 3.8) is 0 Å². The number of nitrogens with one attached hydrogen (secondary N) is 1. The Morgan fingerprint density at radius 1 is 1.21 bits per heavy atom. The minimum atomic E-state index is -0.307. The summed E-state index contributed by atoms with van der Waals surface area (Å²) < 4.78 is 4.77. The zero-order valence-electron chi connectivity index (χ0n) is 13.3. The van der Waals surface area contributed by atoms with Crippen LogP contribution in [0.25, 0.3) is 0 Å². The van der Waals surface area contributed by atoms with E-state index in [4.69, 9.17) is 16.3 Å². The molecule has 1 N–H and O–H groups in total.